The van der Waals surface area contributed by atoms with Crippen LogP contribution < -0.4 is 0 Å². The minimum atomic E-state index is 0.799. The molecule has 0 aromatic carbocycles. The summed E-state index contributed by atoms with van der Waals surface area (Å²) in [5, 5.41) is 0. The van der Waals surface area contributed by atoms with Gasteiger partial charge in [0.2, 0.25) is 0 Å². The van der Waals surface area contributed by atoms with Crippen LogP contribution in [0, 0.1) is 0 Å². The van der Waals surface area contributed by atoms with Crippen LogP contribution in [0.3, 0.4) is 0 Å². The monoisotopic (exact) mass is 161 g/mol. The van der Waals surface area contributed by atoms with Gasteiger partial charge in [-0.25, -0.2) is 0 Å². The average molecular weight is 161 g/mol. The third-order valence-corrected chi connectivity index (χ3v) is 2.76. The van der Waals surface area contributed by atoms with E-state index in [1.54, 1.807) is 0 Å². The molecule has 1 heteroatoms. The van der Waals surface area contributed by atoms with E-state index in [9.17, 15) is 0 Å². The highest BCUT2D eigenvalue weighted by atomic mass is 14.6. The summed E-state index contributed by atoms with van der Waals surface area (Å²) >= 11 is 0. The van der Waals surface area contributed by atoms with Gasteiger partial charge < -0.3 is 0 Å². The first-order chi connectivity index (χ1) is 5.97. The van der Waals surface area contributed by atoms with Gasteiger partial charge in [0.25, 0.3) is 0 Å². The highest BCUT2D eigenvalue weighted by molar-refractivity contribution is 5.14. The Balaban J connectivity index is 2.08. The maximum absolute atomic E-state index is 4.16. The summed E-state index contributed by atoms with van der Waals surface area (Å²) in [6.07, 6.45) is 10.8. The first-order valence-electron chi connectivity index (χ1n) is 4.87. The van der Waals surface area contributed by atoms with E-state index >= 15 is 0 Å². The predicted molar refractivity (Wildman–Crippen MR) is 50.1 cm³/mol. The summed E-state index contributed by atoms with van der Waals surface area (Å²) in [6.45, 7) is 0. The third-order valence-electron chi connectivity index (χ3n) is 2.76. The molecule has 0 unspecified atom stereocenters. The summed E-state index contributed by atoms with van der Waals surface area (Å²) in [5.74, 6) is 0.799. The van der Waals surface area contributed by atoms with Crippen LogP contribution >= 0.6 is 0 Å². The van der Waals surface area contributed by atoms with E-state index in [1.165, 1.54) is 37.7 Å². The lowest BCUT2D eigenvalue weighted by atomic mass is 9.85. The van der Waals surface area contributed by atoms with Crippen LogP contribution in [0.5, 0.6) is 0 Å². The molecule has 1 aliphatic rings. The van der Waals surface area contributed by atoms with Crippen LogP contribution in [0.4, 0.5) is 0 Å². The number of hydrogen-bond donors (Lipinski definition) is 0. The summed E-state index contributed by atoms with van der Waals surface area (Å²) in [5.41, 5.74) is 1.44. The SMILES string of the molecule is c1cncc(C2CCCCC2)c1. The largest absolute Gasteiger partial charge is 0.264 e. The van der Waals surface area contributed by atoms with Gasteiger partial charge in [0.1, 0.15) is 0 Å². The molecule has 1 aliphatic carbocycles. The van der Waals surface area contributed by atoms with E-state index in [1.807, 2.05) is 18.5 Å². The van der Waals surface area contributed by atoms with Crippen molar-refractivity contribution in [3.63, 3.8) is 0 Å². The lowest BCUT2D eigenvalue weighted by Crippen LogP contribution is -2.04. The zero-order valence-electron chi connectivity index (χ0n) is 7.37. The van der Waals surface area contributed by atoms with Crippen molar-refractivity contribution in [3.05, 3.63) is 30.1 Å². The molecule has 0 radical (unpaired) electrons. The molecule has 0 spiro atoms. The molecule has 1 nitrogen and oxygen atoms in total. The lowest BCUT2D eigenvalue weighted by molar-refractivity contribution is 0.443. The van der Waals surface area contributed by atoms with Gasteiger partial charge >= 0.3 is 0 Å². The summed E-state index contributed by atoms with van der Waals surface area (Å²) in [4.78, 5) is 4.16. The molecule has 1 aromatic heterocycles. The van der Waals surface area contributed by atoms with E-state index in [4.69, 9.17) is 0 Å². The number of nitrogens with zero attached hydrogens (tertiary/aromatic N) is 1. The van der Waals surface area contributed by atoms with Gasteiger partial charge in [-0.05, 0) is 30.4 Å². The van der Waals surface area contributed by atoms with Gasteiger partial charge in [0, 0.05) is 12.4 Å². The molecule has 64 valence electrons. The van der Waals surface area contributed by atoms with Crippen LogP contribution in [0.15, 0.2) is 24.5 Å². The maximum Gasteiger partial charge on any atom is 0.0302 e. The Kier molecular flexibility index (Phi) is 2.40. The van der Waals surface area contributed by atoms with E-state index in [-0.39, 0.29) is 0 Å². The van der Waals surface area contributed by atoms with Gasteiger partial charge in [-0.2, -0.15) is 0 Å². The fourth-order valence-corrected chi connectivity index (χ4v) is 2.05. The van der Waals surface area contributed by atoms with Gasteiger partial charge in [0.05, 0.1) is 0 Å². The third kappa shape index (κ3) is 1.66. The van der Waals surface area contributed by atoms with Gasteiger partial charge in [0.15, 0.2) is 0 Å². The smallest absolute Gasteiger partial charge is 0.0302 e. The summed E-state index contributed by atoms with van der Waals surface area (Å²) in [7, 11) is 0. The Morgan fingerprint density at radius 2 is 2.00 bits per heavy atom. The normalized spacial score (nSPS) is 19.3. The summed E-state index contributed by atoms with van der Waals surface area (Å²) in [6, 6.07) is 4.26. The predicted octanol–water partition coefficient (Wildman–Crippen LogP) is 3.13. The van der Waals surface area contributed by atoms with Crippen molar-refractivity contribution in [3.8, 4) is 0 Å². The molecule has 12 heavy (non-hydrogen) atoms. The number of rotatable bonds is 1. The highest BCUT2D eigenvalue weighted by Gasteiger charge is 2.14. The first-order valence-corrected chi connectivity index (χ1v) is 4.87. The van der Waals surface area contributed by atoms with Crippen molar-refractivity contribution >= 4 is 0 Å². The van der Waals surface area contributed by atoms with Gasteiger partial charge in [-0.1, -0.05) is 25.3 Å². The molecule has 1 fully saturated rings. The van der Waals surface area contributed by atoms with Crippen LogP contribution in [0.1, 0.15) is 43.6 Å². The van der Waals surface area contributed by atoms with Crippen molar-refractivity contribution in [1.82, 2.24) is 4.98 Å². The van der Waals surface area contributed by atoms with Gasteiger partial charge in [-0.15, -0.1) is 0 Å². The van der Waals surface area contributed by atoms with Crippen LogP contribution in [0.25, 0.3) is 0 Å². The van der Waals surface area contributed by atoms with E-state index in [0.29, 0.717) is 0 Å². The Morgan fingerprint density at radius 3 is 2.67 bits per heavy atom. The standard InChI is InChI=1S/C11H15N/c1-2-5-10(6-3-1)11-7-4-8-12-9-11/h4,7-10H,1-3,5-6H2. The second-order valence-corrected chi connectivity index (χ2v) is 3.62. The van der Waals surface area contributed by atoms with E-state index in [0.717, 1.165) is 5.92 Å². The fraction of sp³-hybridized carbons (Fsp3) is 0.545. The lowest BCUT2D eigenvalue weighted by Gasteiger charge is -2.21. The van der Waals surface area contributed by atoms with Crippen molar-refractivity contribution < 1.29 is 0 Å². The minimum Gasteiger partial charge on any atom is -0.264 e. The van der Waals surface area contributed by atoms with Crippen LogP contribution in [-0.4, -0.2) is 4.98 Å². The zero-order chi connectivity index (χ0) is 8.23. The molecule has 0 bridgehead atoms. The highest BCUT2D eigenvalue weighted by Crippen LogP contribution is 2.31. The molecule has 0 amide bonds. The number of pyridine rings is 1. The van der Waals surface area contributed by atoms with Crippen molar-refractivity contribution in [2.75, 3.05) is 0 Å². The molecule has 0 saturated heterocycles. The van der Waals surface area contributed by atoms with Crippen molar-refractivity contribution in [1.29, 1.82) is 0 Å². The molecule has 1 heterocycles. The van der Waals surface area contributed by atoms with Crippen molar-refractivity contribution in [2.45, 2.75) is 38.0 Å². The Morgan fingerprint density at radius 1 is 1.17 bits per heavy atom. The Hall–Kier alpha value is -0.850. The second-order valence-electron chi connectivity index (χ2n) is 3.62. The molecule has 0 atom stereocenters. The first kappa shape index (κ1) is 7.78. The number of hydrogen-bond acceptors (Lipinski definition) is 1. The minimum absolute atomic E-state index is 0.799. The number of aromatic nitrogens is 1. The van der Waals surface area contributed by atoms with E-state index in [2.05, 4.69) is 11.1 Å². The van der Waals surface area contributed by atoms with Crippen LogP contribution in [-0.2, 0) is 0 Å². The molecule has 2 rings (SSSR count). The fourth-order valence-electron chi connectivity index (χ4n) is 2.05. The summed E-state index contributed by atoms with van der Waals surface area (Å²) < 4.78 is 0. The van der Waals surface area contributed by atoms with Crippen LogP contribution in [0.2, 0.25) is 0 Å². The molecule has 1 saturated carbocycles. The molecule has 1 aromatic rings. The second kappa shape index (κ2) is 3.70. The maximum atomic E-state index is 4.16. The topological polar surface area (TPSA) is 12.9 Å². The van der Waals surface area contributed by atoms with Gasteiger partial charge in [-0.3, -0.25) is 4.98 Å². The molecular weight excluding hydrogens is 146 g/mol. The Bertz CT molecular complexity index is 224. The van der Waals surface area contributed by atoms with E-state index < -0.39 is 0 Å². The quantitative estimate of drug-likeness (QED) is 0.616. The molecule has 0 N–H and O–H groups in total. The zero-order valence-corrected chi connectivity index (χ0v) is 7.37. The van der Waals surface area contributed by atoms with Crippen molar-refractivity contribution in [2.24, 2.45) is 0 Å². The Labute approximate surface area is 73.8 Å². The molecular formula is C11H15N. The molecule has 0 aliphatic heterocycles. The average Bonchev–Trinajstić information content (AvgIpc) is 2.21.